The number of rotatable bonds is 3. The van der Waals surface area contributed by atoms with Crippen LogP contribution in [0.5, 0.6) is 0 Å². The molecular formula is C13H14FNO4. The van der Waals surface area contributed by atoms with E-state index in [-0.39, 0.29) is 23.6 Å². The highest BCUT2D eigenvalue weighted by molar-refractivity contribution is 5.95. The normalized spacial score (nSPS) is 22.2. The number of aromatic carboxylic acids is 1. The maximum Gasteiger partial charge on any atom is 0.338 e. The molecule has 19 heavy (non-hydrogen) atoms. The first-order chi connectivity index (χ1) is 8.99. The minimum atomic E-state index is -1.37. The van der Waals surface area contributed by atoms with Crippen LogP contribution >= 0.6 is 0 Å². The van der Waals surface area contributed by atoms with Gasteiger partial charge in [0.05, 0.1) is 17.6 Å². The second-order valence-electron chi connectivity index (χ2n) is 4.46. The van der Waals surface area contributed by atoms with E-state index in [1.165, 1.54) is 6.07 Å². The number of halogens is 1. The van der Waals surface area contributed by atoms with Gasteiger partial charge >= 0.3 is 5.97 Å². The van der Waals surface area contributed by atoms with Gasteiger partial charge in [-0.1, -0.05) is 0 Å². The molecule has 1 saturated heterocycles. The van der Waals surface area contributed by atoms with Gasteiger partial charge in [0.15, 0.2) is 0 Å². The number of benzene rings is 1. The van der Waals surface area contributed by atoms with Crippen molar-refractivity contribution in [1.29, 1.82) is 0 Å². The third-order valence-electron chi connectivity index (χ3n) is 3.18. The van der Waals surface area contributed by atoms with E-state index in [1.54, 1.807) is 0 Å². The summed E-state index contributed by atoms with van der Waals surface area (Å²) in [6.45, 7) is 2.34. The van der Waals surface area contributed by atoms with E-state index >= 15 is 0 Å². The maximum absolute atomic E-state index is 13.2. The Hall–Kier alpha value is -1.95. The number of carboxylic acids is 1. The van der Waals surface area contributed by atoms with Crippen molar-refractivity contribution in [3.05, 3.63) is 29.6 Å². The standard InChI is InChI=1S/C13H14FNO4/c1-7-9(4-5-19-7)12(16)15-8-2-3-11(14)10(6-8)13(17)18/h2-3,6-7,9H,4-5H2,1H3,(H,15,16)(H,17,18). The van der Waals surface area contributed by atoms with Gasteiger partial charge in [-0.05, 0) is 31.5 Å². The Morgan fingerprint density at radius 1 is 1.47 bits per heavy atom. The molecule has 0 radical (unpaired) electrons. The van der Waals surface area contributed by atoms with Crippen LogP contribution < -0.4 is 5.32 Å². The van der Waals surface area contributed by atoms with E-state index in [0.29, 0.717) is 13.0 Å². The molecule has 1 aromatic carbocycles. The molecule has 1 amide bonds. The number of carbonyl (C=O) groups excluding carboxylic acids is 1. The van der Waals surface area contributed by atoms with Gasteiger partial charge in [-0.25, -0.2) is 9.18 Å². The monoisotopic (exact) mass is 267 g/mol. The highest BCUT2D eigenvalue weighted by Crippen LogP contribution is 2.23. The number of ether oxygens (including phenoxy) is 1. The van der Waals surface area contributed by atoms with Crippen LogP contribution in [0.4, 0.5) is 10.1 Å². The number of nitrogens with one attached hydrogen (secondary N) is 1. The van der Waals surface area contributed by atoms with Crippen LogP contribution in [0.3, 0.4) is 0 Å². The zero-order valence-electron chi connectivity index (χ0n) is 10.4. The van der Waals surface area contributed by atoms with Crippen LogP contribution in [-0.4, -0.2) is 29.7 Å². The molecule has 0 saturated carbocycles. The summed E-state index contributed by atoms with van der Waals surface area (Å²) >= 11 is 0. The van der Waals surface area contributed by atoms with Crippen LogP contribution in [-0.2, 0) is 9.53 Å². The summed E-state index contributed by atoms with van der Waals surface area (Å²) in [4.78, 5) is 22.8. The van der Waals surface area contributed by atoms with E-state index in [4.69, 9.17) is 9.84 Å². The molecule has 1 aliphatic heterocycles. The lowest BCUT2D eigenvalue weighted by Gasteiger charge is -2.14. The Kier molecular flexibility index (Phi) is 3.80. The number of hydrogen-bond donors (Lipinski definition) is 2. The smallest absolute Gasteiger partial charge is 0.338 e. The molecule has 2 rings (SSSR count). The minimum Gasteiger partial charge on any atom is -0.478 e. The van der Waals surface area contributed by atoms with Crippen molar-refractivity contribution in [3.8, 4) is 0 Å². The van der Waals surface area contributed by atoms with Crippen molar-refractivity contribution in [2.45, 2.75) is 19.4 Å². The predicted molar refractivity (Wildman–Crippen MR) is 65.5 cm³/mol. The summed E-state index contributed by atoms with van der Waals surface area (Å²) in [6, 6.07) is 3.46. The van der Waals surface area contributed by atoms with Gasteiger partial charge in [-0.15, -0.1) is 0 Å². The lowest BCUT2D eigenvalue weighted by Crippen LogP contribution is -2.27. The molecule has 1 heterocycles. The van der Waals surface area contributed by atoms with E-state index in [2.05, 4.69) is 5.32 Å². The average molecular weight is 267 g/mol. The van der Waals surface area contributed by atoms with Gasteiger partial charge in [0, 0.05) is 12.3 Å². The van der Waals surface area contributed by atoms with Crippen LogP contribution in [0.25, 0.3) is 0 Å². The fourth-order valence-corrected chi connectivity index (χ4v) is 2.08. The van der Waals surface area contributed by atoms with Crippen LogP contribution in [0.2, 0.25) is 0 Å². The quantitative estimate of drug-likeness (QED) is 0.876. The minimum absolute atomic E-state index is 0.167. The molecular weight excluding hydrogens is 253 g/mol. The Morgan fingerprint density at radius 2 is 2.21 bits per heavy atom. The second kappa shape index (κ2) is 5.36. The van der Waals surface area contributed by atoms with Gasteiger partial charge in [0.25, 0.3) is 0 Å². The van der Waals surface area contributed by atoms with Gasteiger partial charge in [0.1, 0.15) is 5.82 Å². The summed E-state index contributed by atoms with van der Waals surface area (Å²) in [7, 11) is 0. The zero-order valence-corrected chi connectivity index (χ0v) is 10.4. The number of hydrogen-bond acceptors (Lipinski definition) is 3. The number of amides is 1. The van der Waals surface area contributed by atoms with Crippen LogP contribution in [0, 0.1) is 11.7 Å². The molecule has 0 aromatic heterocycles. The average Bonchev–Trinajstić information content (AvgIpc) is 2.77. The molecule has 1 fully saturated rings. The number of anilines is 1. The number of carbonyl (C=O) groups is 2. The summed E-state index contributed by atoms with van der Waals surface area (Å²) in [6.07, 6.45) is 0.458. The van der Waals surface area contributed by atoms with Crippen molar-refractivity contribution in [3.63, 3.8) is 0 Å². The Morgan fingerprint density at radius 3 is 2.79 bits per heavy atom. The van der Waals surface area contributed by atoms with Gasteiger partial charge < -0.3 is 15.2 Å². The SMILES string of the molecule is CC1OCCC1C(=O)Nc1ccc(F)c(C(=O)O)c1. The molecule has 2 atom stereocenters. The summed E-state index contributed by atoms with van der Waals surface area (Å²) < 4.78 is 18.5. The molecule has 1 aromatic rings. The van der Waals surface area contributed by atoms with E-state index in [1.807, 2.05) is 6.92 Å². The maximum atomic E-state index is 13.2. The molecule has 2 N–H and O–H groups in total. The van der Waals surface area contributed by atoms with Crippen LogP contribution in [0.15, 0.2) is 18.2 Å². The molecule has 2 unspecified atom stereocenters. The first-order valence-corrected chi connectivity index (χ1v) is 5.94. The van der Waals surface area contributed by atoms with Gasteiger partial charge in [-0.3, -0.25) is 4.79 Å². The van der Waals surface area contributed by atoms with Crippen molar-refractivity contribution in [2.75, 3.05) is 11.9 Å². The van der Waals surface area contributed by atoms with Crippen molar-refractivity contribution < 1.29 is 23.8 Å². The van der Waals surface area contributed by atoms with E-state index in [9.17, 15) is 14.0 Å². The van der Waals surface area contributed by atoms with Crippen molar-refractivity contribution in [2.24, 2.45) is 5.92 Å². The first-order valence-electron chi connectivity index (χ1n) is 5.94. The summed E-state index contributed by atoms with van der Waals surface area (Å²) in [5.74, 6) is -2.71. The predicted octanol–water partition coefficient (Wildman–Crippen LogP) is 1.89. The fourth-order valence-electron chi connectivity index (χ4n) is 2.08. The number of carboxylic acid groups (broad SMARTS) is 1. The molecule has 5 nitrogen and oxygen atoms in total. The first kappa shape index (κ1) is 13.5. The topological polar surface area (TPSA) is 75.6 Å². The van der Waals surface area contributed by atoms with Crippen LogP contribution in [0.1, 0.15) is 23.7 Å². The zero-order chi connectivity index (χ0) is 14.0. The van der Waals surface area contributed by atoms with E-state index < -0.39 is 17.3 Å². The lowest BCUT2D eigenvalue weighted by atomic mass is 10.0. The van der Waals surface area contributed by atoms with Crippen molar-refractivity contribution in [1.82, 2.24) is 0 Å². The second-order valence-corrected chi connectivity index (χ2v) is 4.46. The fraction of sp³-hybridized carbons (Fsp3) is 0.385. The van der Waals surface area contributed by atoms with E-state index in [0.717, 1.165) is 12.1 Å². The highest BCUT2D eigenvalue weighted by atomic mass is 19.1. The van der Waals surface area contributed by atoms with Gasteiger partial charge in [0.2, 0.25) is 5.91 Å². The highest BCUT2D eigenvalue weighted by Gasteiger charge is 2.30. The molecule has 102 valence electrons. The Balaban J connectivity index is 2.13. The molecule has 0 bridgehead atoms. The van der Waals surface area contributed by atoms with Crippen molar-refractivity contribution >= 4 is 17.6 Å². The Bertz CT molecular complexity index is 517. The molecule has 0 aliphatic carbocycles. The largest absolute Gasteiger partial charge is 0.478 e. The molecule has 6 heteroatoms. The molecule has 0 spiro atoms. The third kappa shape index (κ3) is 2.90. The van der Waals surface area contributed by atoms with Gasteiger partial charge in [-0.2, -0.15) is 0 Å². The summed E-state index contributed by atoms with van der Waals surface area (Å²) in [5, 5.41) is 11.4. The molecule has 1 aliphatic rings. The third-order valence-corrected chi connectivity index (χ3v) is 3.18. The lowest BCUT2D eigenvalue weighted by molar-refractivity contribution is -0.121. The Labute approximate surface area is 109 Å². The summed E-state index contributed by atoms with van der Waals surface area (Å²) in [5.41, 5.74) is -0.198.